The molecule has 1 aromatic heterocycles. The molecule has 1 heterocycles. The lowest BCUT2D eigenvalue weighted by Gasteiger charge is -2.15. The second kappa shape index (κ2) is 7.98. The van der Waals surface area contributed by atoms with Crippen LogP contribution in [-0.2, 0) is 14.3 Å². The molecule has 0 aromatic carbocycles. The SMILES string of the molecule is CCOC(=O)CCNC(=O)CN(C)C(=O)c1ccco1. The number of carbonyl (C=O) groups excluding carboxylic acids is 3. The van der Waals surface area contributed by atoms with Crippen molar-refractivity contribution in [2.45, 2.75) is 13.3 Å². The second-order valence-electron chi connectivity index (χ2n) is 4.04. The van der Waals surface area contributed by atoms with Gasteiger partial charge in [-0.15, -0.1) is 0 Å². The Kier molecular flexibility index (Phi) is 6.28. The van der Waals surface area contributed by atoms with Gasteiger partial charge in [-0.25, -0.2) is 0 Å². The van der Waals surface area contributed by atoms with Crippen LogP contribution in [0.1, 0.15) is 23.9 Å². The van der Waals surface area contributed by atoms with E-state index in [1.165, 1.54) is 24.3 Å². The molecule has 0 atom stereocenters. The number of furan rings is 1. The summed E-state index contributed by atoms with van der Waals surface area (Å²) in [6, 6.07) is 3.12. The summed E-state index contributed by atoms with van der Waals surface area (Å²) in [6.07, 6.45) is 1.50. The Hall–Kier alpha value is -2.31. The van der Waals surface area contributed by atoms with E-state index in [0.717, 1.165) is 0 Å². The lowest BCUT2D eigenvalue weighted by Crippen LogP contribution is -2.39. The first kappa shape index (κ1) is 15.7. The summed E-state index contributed by atoms with van der Waals surface area (Å²) in [5, 5.41) is 2.54. The highest BCUT2D eigenvalue weighted by atomic mass is 16.5. The molecular weight excluding hydrogens is 264 g/mol. The van der Waals surface area contributed by atoms with Crippen LogP contribution >= 0.6 is 0 Å². The summed E-state index contributed by atoms with van der Waals surface area (Å²) in [4.78, 5) is 35.7. The van der Waals surface area contributed by atoms with Crippen LogP contribution in [0.2, 0.25) is 0 Å². The monoisotopic (exact) mass is 282 g/mol. The van der Waals surface area contributed by atoms with Gasteiger partial charge in [0.1, 0.15) is 0 Å². The third kappa shape index (κ3) is 5.13. The molecule has 0 bridgehead atoms. The number of ether oxygens (including phenoxy) is 1. The van der Waals surface area contributed by atoms with E-state index in [0.29, 0.717) is 6.61 Å². The van der Waals surface area contributed by atoms with Gasteiger partial charge in [0, 0.05) is 13.6 Å². The van der Waals surface area contributed by atoms with Crippen LogP contribution in [0.4, 0.5) is 0 Å². The minimum Gasteiger partial charge on any atom is -0.466 e. The molecule has 7 nitrogen and oxygen atoms in total. The highest BCUT2D eigenvalue weighted by Crippen LogP contribution is 2.03. The van der Waals surface area contributed by atoms with E-state index < -0.39 is 0 Å². The third-order valence-electron chi connectivity index (χ3n) is 2.42. The molecule has 110 valence electrons. The Morgan fingerprint density at radius 2 is 2.15 bits per heavy atom. The zero-order valence-corrected chi connectivity index (χ0v) is 11.5. The quantitative estimate of drug-likeness (QED) is 0.732. The van der Waals surface area contributed by atoms with Crippen molar-refractivity contribution in [1.29, 1.82) is 0 Å². The maximum absolute atomic E-state index is 11.8. The molecule has 0 aliphatic heterocycles. The Balaban J connectivity index is 2.28. The van der Waals surface area contributed by atoms with Gasteiger partial charge in [0.25, 0.3) is 5.91 Å². The molecule has 20 heavy (non-hydrogen) atoms. The molecule has 2 amide bonds. The van der Waals surface area contributed by atoms with Gasteiger partial charge >= 0.3 is 5.97 Å². The molecule has 1 N–H and O–H groups in total. The minimum atomic E-state index is -0.379. The van der Waals surface area contributed by atoms with Crippen LogP contribution in [0.5, 0.6) is 0 Å². The largest absolute Gasteiger partial charge is 0.466 e. The molecule has 0 spiro atoms. The fraction of sp³-hybridized carbons (Fsp3) is 0.462. The average molecular weight is 282 g/mol. The highest BCUT2D eigenvalue weighted by molar-refractivity contribution is 5.94. The van der Waals surface area contributed by atoms with Crippen molar-refractivity contribution in [3.63, 3.8) is 0 Å². The van der Waals surface area contributed by atoms with E-state index in [9.17, 15) is 14.4 Å². The van der Waals surface area contributed by atoms with Crippen LogP contribution in [0.3, 0.4) is 0 Å². The summed E-state index contributed by atoms with van der Waals surface area (Å²) in [7, 11) is 1.50. The Labute approximate surface area is 116 Å². The molecule has 0 fully saturated rings. The Morgan fingerprint density at radius 3 is 2.75 bits per heavy atom. The molecule has 0 aliphatic rings. The predicted molar refractivity (Wildman–Crippen MR) is 69.9 cm³/mol. The van der Waals surface area contributed by atoms with Crippen molar-refractivity contribution in [2.24, 2.45) is 0 Å². The number of esters is 1. The molecule has 0 saturated carbocycles. The van der Waals surface area contributed by atoms with Gasteiger partial charge in [0.15, 0.2) is 5.76 Å². The van der Waals surface area contributed by atoms with Crippen molar-refractivity contribution in [3.8, 4) is 0 Å². The molecule has 0 radical (unpaired) electrons. The van der Waals surface area contributed by atoms with Crippen LogP contribution in [-0.4, -0.2) is 49.4 Å². The van der Waals surface area contributed by atoms with Gasteiger partial charge < -0.3 is 19.4 Å². The smallest absolute Gasteiger partial charge is 0.307 e. The van der Waals surface area contributed by atoms with Crippen LogP contribution < -0.4 is 5.32 Å². The Bertz CT molecular complexity index is 455. The molecule has 1 rings (SSSR count). The van der Waals surface area contributed by atoms with Gasteiger partial charge in [-0.1, -0.05) is 0 Å². The Morgan fingerprint density at radius 1 is 1.40 bits per heavy atom. The van der Waals surface area contributed by atoms with Crippen LogP contribution in [0, 0.1) is 0 Å². The van der Waals surface area contributed by atoms with Gasteiger partial charge in [0.2, 0.25) is 5.91 Å². The topological polar surface area (TPSA) is 88.9 Å². The summed E-state index contributed by atoms with van der Waals surface area (Å²) in [5.74, 6) is -0.924. The van der Waals surface area contributed by atoms with Crippen LogP contribution in [0.25, 0.3) is 0 Å². The van der Waals surface area contributed by atoms with E-state index in [1.54, 1.807) is 13.0 Å². The van der Waals surface area contributed by atoms with Gasteiger partial charge in [-0.3, -0.25) is 14.4 Å². The number of rotatable bonds is 7. The first-order valence-corrected chi connectivity index (χ1v) is 6.26. The summed E-state index contributed by atoms with van der Waals surface area (Å²) >= 11 is 0. The highest BCUT2D eigenvalue weighted by Gasteiger charge is 2.16. The first-order valence-electron chi connectivity index (χ1n) is 6.26. The molecule has 1 aromatic rings. The number of hydrogen-bond acceptors (Lipinski definition) is 5. The number of carbonyl (C=O) groups is 3. The molecule has 0 unspecified atom stereocenters. The standard InChI is InChI=1S/C13H18N2O5/c1-3-19-12(17)6-7-14-11(16)9-15(2)13(18)10-5-4-8-20-10/h4-5,8H,3,6-7,9H2,1-2H3,(H,14,16). The fourth-order valence-electron chi connectivity index (χ4n) is 1.47. The van der Waals surface area contributed by atoms with Gasteiger partial charge in [-0.2, -0.15) is 0 Å². The number of nitrogens with one attached hydrogen (secondary N) is 1. The third-order valence-corrected chi connectivity index (χ3v) is 2.42. The maximum Gasteiger partial charge on any atom is 0.307 e. The predicted octanol–water partition coefficient (Wildman–Crippen LogP) is 0.421. The lowest BCUT2D eigenvalue weighted by molar-refractivity contribution is -0.143. The fourth-order valence-corrected chi connectivity index (χ4v) is 1.47. The zero-order chi connectivity index (χ0) is 15.0. The molecule has 0 aliphatic carbocycles. The number of hydrogen-bond donors (Lipinski definition) is 1. The van der Waals surface area contributed by atoms with E-state index in [1.807, 2.05) is 0 Å². The minimum absolute atomic E-state index is 0.107. The number of amides is 2. The number of likely N-dealkylation sites (N-methyl/N-ethyl adjacent to an activating group) is 1. The maximum atomic E-state index is 11.8. The van der Waals surface area contributed by atoms with Crippen LogP contribution in [0.15, 0.2) is 22.8 Å². The average Bonchev–Trinajstić information content (AvgIpc) is 2.91. The van der Waals surface area contributed by atoms with Crippen molar-refractivity contribution in [1.82, 2.24) is 10.2 Å². The van der Waals surface area contributed by atoms with Gasteiger partial charge in [-0.05, 0) is 19.1 Å². The van der Waals surface area contributed by atoms with Crippen molar-refractivity contribution < 1.29 is 23.5 Å². The molecule has 0 saturated heterocycles. The summed E-state index contributed by atoms with van der Waals surface area (Å²) < 4.78 is 9.68. The van der Waals surface area contributed by atoms with Crippen molar-refractivity contribution in [3.05, 3.63) is 24.2 Å². The second-order valence-corrected chi connectivity index (χ2v) is 4.04. The van der Waals surface area contributed by atoms with Crippen molar-refractivity contribution >= 4 is 17.8 Å². The normalized spacial score (nSPS) is 9.90. The van der Waals surface area contributed by atoms with E-state index in [-0.39, 0.29) is 43.1 Å². The van der Waals surface area contributed by atoms with E-state index in [2.05, 4.69) is 5.32 Å². The lowest BCUT2D eigenvalue weighted by atomic mass is 10.3. The molecule has 7 heteroatoms. The first-order chi connectivity index (χ1) is 9.54. The molecular formula is C13H18N2O5. The van der Waals surface area contributed by atoms with Gasteiger partial charge in [0.05, 0.1) is 25.8 Å². The van der Waals surface area contributed by atoms with Crippen molar-refractivity contribution in [2.75, 3.05) is 26.7 Å². The van der Waals surface area contributed by atoms with E-state index in [4.69, 9.17) is 9.15 Å². The zero-order valence-electron chi connectivity index (χ0n) is 11.5. The summed E-state index contributed by atoms with van der Waals surface area (Å²) in [5.41, 5.74) is 0. The summed E-state index contributed by atoms with van der Waals surface area (Å²) in [6.45, 7) is 2.10. The number of nitrogens with zero attached hydrogens (tertiary/aromatic N) is 1. The van der Waals surface area contributed by atoms with E-state index >= 15 is 0 Å².